The Morgan fingerprint density at radius 3 is 2.67 bits per heavy atom. The quantitative estimate of drug-likeness (QED) is 0.356. The largest absolute Gasteiger partial charge is 0.496 e. The number of ether oxygens (including phenoxy) is 2. The molecule has 3 heterocycles. The molecule has 0 bridgehead atoms. The predicted octanol–water partition coefficient (Wildman–Crippen LogP) is 3.04. The van der Waals surface area contributed by atoms with Crippen molar-refractivity contribution in [1.82, 2.24) is 25.1 Å². The number of aromatic nitrogens is 4. The summed E-state index contributed by atoms with van der Waals surface area (Å²) in [4.78, 5) is 29.4. The number of H-pyrrole nitrogens is 1. The lowest BCUT2D eigenvalue weighted by atomic mass is 9.93. The molecule has 4 rings (SSSR count). The average Bonchev–Trinajstić information content (AvgIpc) is 3.38. The first-order valence-corrected chi connectivity index (χ1v) is 11.5. The molecule has 4 aromatic rings. The van der Waals surface area contributed by atoms with Gasteiger partial charge in [0.1, 0.15) is 5.75 Å². The molecule has 0 radical (unpaired) electrons. The van der Waals surface area contributed by atoms with Gasteiger partial charge in [-0.15, -0.1) is 0 Å². The fraction of sp³-hybridized carbons (Fsp3) is 0.259. The number of nitrogens with zero attached hydrogens (tertiary/aromatic N) is 3. The van der Waals surface area contributed by atoms with E-state index in [4.69, 9.17) is 9.47 Å². The summed E-state index contributed by atoms with van der Waals surface area (Å²) in [6, 6.07) is 14.8. The van der Waals surface area contributed by atoms with Gasteiger partial charge in [0.05, 0.1) is 50.0 Å². The number of methoxy groups -OCH3 is 2. The van der Waals surface area contributed by atoms with Crippen LogP contribution in [0.5, 0.6) is 5.75 Å². The summed E-state index contributed by atoms with van der Waals surface area (Å²) in [5, 5.41) is 10.0. The molecule has 1 aromatic carbocycles. The first-order chi connectivity index (χ1) is 17.5. The number of benzene rings is 1. The fourth-order valence-corrected chi connectivity index (χ4v) is 4.03. The van der Waals surface area contributed by atoms with Crippen LogP contribution in [0.25, 0.3) is 0 Å². The summed E-state index contributed by atoms with van der Waals surface area (Å²) in [6.45, 7) is 3.00. The van der Waals surface area contributed by atoms with E-state index in [1.807, 2.05) is 43.3 Å². The molecule has 1 amide bonds. The number of carbonyl (C=O) groups excluding carboxylic acids is 1. The lowest BCUT2D eigenvalue weighted by Crippen LogP contribution is -2.25. The van der Waals surface area contributed by atoms with E-state index < -0.39 is 0 Å². The van der Waals surface area contributed by atoms with Crippen molar-refractivity contribution in [1.29, 1.82) is 0 Å². The topological polar surface area (TPSA) is 111 Å². The van der Waals surface area contributed by atoms with Gasteiger partial charge in [-0.1, -0.05) is 30.3 Å². The van der Waals surface area contributed by atoms with Crippen LogP contribution in [-0.4, -0.2) is 46.5 Å². The number of pyridine rings is 2. The van der Waals surface area contributed by atoms with Crippen molar-refractivity contribution >= 4 is 5.91 Å². The number of aryl methyl sites for hydroxylation is 1. The Morgan fingerprint density at radius 2 is 1.94 bits per heavy atom. The highest BCUT2D eigenvalue weighted by Gasteiger charge is 2.23. The van der Waals surface area contributed by atoms with Crippen molar-refractivity contribution in [3.8, 4) is 5.75 Å². The van der Waals surface area contributed by atoms with Gasteiger partial charge in [-0.2, -0.15) is 5.10 Å². The van der Waals surface area contributed by atoms with Gasteiger partial charge in [-0.3, -0.25) is 19.7 Å². The zero-order valence-electron chi connectivity index (χ0n) is 20.5. The molecule has 1 atom stereocenters. The van der Waals surface area contributed by atoms with Crippen LogP contribution in [0.4, 0.5) is 0 Å². The number of amides is 1. The first kappa shape index (κ1) is 24.9. The van der Waals surface area contributed by atoms with Crippen LogP contribution in [0.3, 0.4) is 0 Å². The van der Waals surface area contributed by atoms with Crippen molar-refractivity contribution < 1.29 is 14.3 Å². The maximum Gasteiger partial charge on any atom is 0.255 e. The van der Waals surface area contributed by atoms with Crippen LogP contribution in [0.2, 0.25) is 0 Å². The Labute approximate surface area is 209 Å². The van der Waals surface area contributed by atoms with Crippen LogP contribution >= 0.6 is 0 Å². The Kier molecular flexibility index (Phi) is 7.92. The van der Waals surface area contributed by atoms with Crippen LogP contribution < -0.4 is 15.6 Å². The SMILES string of the molecule is COCC(c1ccc(Cn2ccccc2=O)cc1)c1[nH]ncc1C(=O)NCc1cc(OC)c(C)cn1. The third-order valence-electron chi connectivity index (χ3n) is 5.99. The normalized spacial score (nSPS) is 11.8. The molecule has 0 spiro atoms. The molecule has 0 aliphatic rings. The molecule has 186 valence electrons. The van der Waals surface area contributed by atoms with Gasteiger partial charge in [-0.25, -0.2) is 0 Å². The minimum Gasteiger partial charge on any atom is -0.496 e. The zero-order chi connectivity index (χ0) is 25.5. The van der Waals surface area contributed by atoms with E-state index in [0.29, 0.717) is 30.1 Å². The molecule has 36 heavy (non-hydrogen) atoms. The van der Waals surface area contributed by atoms with E-state index in [2.05, 4.69) is 20.5 Å². The Balaban J connectivity index is 1.50. The van der Waals surface area contributed by atoms with Gasteiger partial charge in [-0.05, 0) is 24.1 Å². The third kappa shape index (κ3) is 5.69. The molecular formula is C27H29N5O4. The van der Waals surface area contributed by atoms with Crippen LogP contribution in [0, 0.1) is 6.92 Å². The standard InChI is InChI=1S/C27H29N5O4/c1-18-13-28-21(12-24(18)36-3)14-29-27(34)22-15-30-31-26(22)23(17-35-2)20-9-7-19(8-10-20)16-32-11-5-4-6-25(32)33/h4-13,15,23H,14,16-17H2,1-3H3,(H,29,34)(H,30,31). The molecule has 3 aromatic heterocycles. The average molecular weight is 488 g/mol. The van der Waals surface area contributed by atoms with Crippen molar-refractivity contribution in [2.75, 3.05) is 20.8 Å². The van der Waals surface area contributed by atoms with E-state index in [-0.39, 0.29) is 23.9 Å². The van der Waals surface area contributed by atoms with Crippen LogP contribution in [-0.2, 0) is 17.8 Å². The molecule has 0 aliphatic heterocycles. The highest BCUT2D eigenvalue weighted by atomic mass is 16.5. The monoisotopic (exact) mass is 487 g/mol. The second kappa shape index (κ2) is 11.5. The van der Waals surface area contributed by atoms with E-state index in [0.717, 1.165) is 22.4 Å². The van der Waals surface area contributed by atoms with E-state index in [9.17, 15) is 9.59 Å². The maximum atomic E-state index is 13.0. The van der Waals surface area contributed by atoms with Crippen molar-refractivity contribution in [2.24, 2.45) is 0 Å². The predicted molar refractivity (Wildman–Crippen MR) is 135 cm³/mol. The van der Waals surface area contributed by atoms with E-state index in [1.54, 1.807) is 43.3 Å². The second-order valence-corrected chi connectivity index (χ2v) is 8.44. The van der Waals surface area contributed by atoms with Crippen molar-refractivity contribution in [3.63, 3.8) is 0 Å². The summed E-state index contributed by atoms with van der Waals surface area (Å²) >= 11 is 0. The summed E-state index contributed by atoms with van der Waals surface area (Å²) < 4.78 is 12.5. The van der Waals surface area contributed by atoms with Gasteiger partial charge < -0.3 is 19.4 Å². The van der Waals surface area contributed by atoms with Gasteiger partial charge >= 0.3 is 0 Å². The molecule has 2 N–H and O–H groups in total. The van der Waals surface area contributed by atoms with Gasteiger partial charge in [0.2, 0.25) is 0 Å². The van der Waals surface area contributed by atoms with Gasteiger partial charge in [0.15, 0.2) is 0 Å². The smallest absolute Gasteiger partial charge is 0.255 e. The molecule has 9 heteroatoms. The third-order valence-corrected chi connectivity index (χ3v) is 5.99. The van der Waals surface area contributed by atoms with Crippen molar-refractivity contribution in [3.05, 3.63) is 111 Å². The summed E-state index contributed by atoms with van der Waals surface area (Å²) in [7, 11) is 3.22. The van der Waals surface area contributed by atoms with Gasteiger partial charge in [0, 0.05) is 43.1 Å². The van der Waals surface area contributed by atoms with Gasteiger partial charge in [0.25, 0.3) is 11.5 Å². The minimum absolute atomic E-state index is 0.0498. The van der Waals surface area contributed by atoms with Crippen molar-refractivity contribution in [2.45, 2.75) is 25.9 Å². The van der Waals surface area contributed by atoms with E-state index in [1.165, 1.54) is 6.20 Å². The minimum atomic E-state index is -0.263. The Hall–Kier alpha value is -4.24. The maximum absolute atomic E-state index is 13.0. The Morgan fingerprint density at radius 1 is 1.14 bits per heavy atom. The zero-order valence-corrected chi connectivity index (χ0v) is 20.5. The molecule has 1 unspecified atom stereocenters. The number of hydrogen-bond acceptors (Lipinski definition) is 6. The first-order valence-electron chi connectivity index (χ1n) is 11.5. The summed E-state index contributed by atoms with van der Waals surface area (Å²) in [5.41, 5.74) is 4.63. The highest BCUT2D eigenvalue weighted by molar-refractivity contribution is 5.95. The van der Waals surface area contributed by atoms with Crippen LogP contribution in [0.15, 0.2) is 71.9 Å². The highest BCUT2D eigenvalue weighted by Crippen LogP contribution is 2.27. The molecule has 9 nitrogen and oxygen atoms in total. The number of nitrogens with one attached hydrogen (secondary N) is 2. The molecular weight excluding hydrogens is 458 g/mol. The molecule has 0 saturated carbocycles. The Bertz CT molecular complexity index is 1380. The second-order valence-electron chi connectivity index (χ2n) is 8.44. The number of carbonyl (C=O) groups is 1. The lowest BCUT2D eigenvalue weighted by molar-refractivity contribution is 0.0948. The fourth-order valence-electron chi connectivity index (χ4n) is 4.03. The summed E-state index contributed by atoms with van der Waals surface area (Å²) in [5.74, 6) is 0.226. The molecule has 0 aliphatic carbocycles. The number of rotatable bonds is 10. The summed E-state index contributed by atoms with van der Waals surface area (Å²) in [6.07, 6.45) is 5.00. The molecule has 0 fully saturated rings. The lowest BCUT2D eigenvalue weighted by Gasteiger charge is -2.17. The molecule has 0 saturated heterocycles. The van der Waals surface area contributed by atoms with Crippen LogP contribution in [0.1, 0.15) is 44.4 Å². The van der Waals surface area contributed by atoms with E-state index >= 15 is 0 Å². The number of hydrogen-bond donors (Lipinski definition) is 2. The number of aromatic amines is 1.